The number of rotatable bonds is 7. The van der Waals surface area contributed by atoms with Gasteiger partial charge in [-0.3, -0.25) is 14.5 Å². The van der Waals surface area contributed by atoms with Crippen molar-refractivity contribution in [1.29, 1.82) is 0 Å². The Morgan fingerprint density at radius 3 is 2.50 bits per heavy atom. The molecule has 1 aliphatic rings. The van der Waals surface area contributed by atoms with E-state index in [0.717, 1.165) is 29.8 Å². The predicted octanol–water partition coefficient (Wildman–Crippen LogP) is 1.90. The number of hydrogen-bond acceptors (Lipinski definition) is 6. The number of benzene rings is 2. The van der Waals surface area contributed by atoms with Gasteiger partial charge in [-0.05, 0) is 30.7 Å². The van der Waals surface area contributed by atoms with Gasteiger partial charge in [0, 0.05) is 25.0 Å². The molecule has 1 aromatic heterocycles. The number of fused-ring (bicyclic) bond motifs is 1. The maximum Gasteiger partial charge on any atom is 0.275 e. The molecule has 168 valence electrons. The van der Waals surface area contributed by atoms with E-state index >= 15 is 0 Å². The van der Waals surface area contributed by atoms with Crippen molar-refractivity contribution in [2.24, 2.45) is 0 Å². The number of hydrogen-bond donors (Lipinski definition) is 1. The Kier molecular flexibility index (Phi) is 6.82. The summed E-state index contributed by atoms with van der Waals surface area (Å²) >= 11 is 0. The number of carbonyl (C=O) groups is 1. The van der Waals surface area contributed by atoms with E-state index in [9.17, 15) is 9.59 Å². The first-order chi connectivity index (χ1) is 15.5. The van der Waals surface area contributed by atoms with Crippen molar-refractivity contribution in [2.45, 2.75) is 19.5 Å². The SMILES string of the molecule is COc1ccc(C(CN2CCOCC2)NC(=O)Cn2nc(C)c3ccccc3c2=O)cc1. The number of ether oxygens (including phenoxy) is 2. The van der Waals surface area contributed by atoms with Gasteiger partial charge in [0.05, 0.1) is 37.4 Å². The predicted molar refractivity (Wildman–Crippen MR) is 122 cm³/mol. The van der Waals surface area contributed by atoms with Crippen molar-refractivity contribution in [1.82, 2.24) is 20.0 Å². The zero-order valence-electron chi connectivity index (χ0n) is 18.4. The van der Waals surface area contributed by atoms with Crippen LogP contribution in [0, 0.1) is 6.92 Å². The minimum atomic E-state index is -0.268. The van der Waals surface area contributed by atoms with Crippen molar-refractivity contribution < 1.29 is 14.3 Å². The first kappa shape index (κ1) is 22.0. The van der Waals surface area contributed by atoms with Gasteiger partial charge in [-0.15, -0.1) is 0 Å². The fraction of sp³-hybridized carbons (Fsp3) is 0.375. The molecule has 1 unspecified atom stereocenters. The summed E-state index contributed by atoms with van der Waals surface area (Å²) in [6.45, 7) is 5.34. The van der Waals surface area contributed by atoms with Crippen molar-refractivity contribution in [2.75, 3.05) is 40.0 Å². The van der Waals surface area contributed by atoms with E-state index in [1.165, 1.54) is 4.68 Å². The van der Waals surface area contributed by atoms with Gasteiger partial charge in [-0.25, -0.2) is 4.68 Å². The summed E-state index contributed by atoms with van der Waals surface area (Å²) in [4.78, 5) is 28.1. The molecule has 1 amide bonds. The van der Waals surface area contributed by atoms with Crippen LogP contribution in [-0.2, 0) is 16.1 Å². The number of nitrogens with one attached hydrogen (secondary N) is 1. The Morgan fingerprint density at radius 2 is 1.81 bits per heavy atom. The number of methoxy groups -OCH3 is 1. The van der Waals surface area contributed by atoms with Crippen LogP contribution in [0.15, 0.2) is 53.3 Å². The third kappa shape index (κ3) is 4.98. The summed E-state index contributed by atoms with van der Waals surface area (Å²) in [6, 6.07) is 14.8. The molecule has 8 heteroatoms. The number of aryl methyl sites for hydroxylation is 1. The van der Waals surface area contributed by atoms with Crippen molar-refractivity contribution in [3.63, 3.8) is 0 Å². The Labute approximate surface area is 186 Å². The molecule has 0 radical (unpaired) electrons. The Morgan fingerprint density at radius 1 is 1.12 bits per heavy atom. The molecule has 4 rings (SSSR count). The summed E-state index contributed by atoms with van der Waals surface area (Å²) < 4.78 is 11.9. The third-order valence-corrected chi connectivity index (χ3v) is 5.74. The standard InChI is InChI=1S/C24H28N4O4/c1-17-20-5-3-4-6-21(20)24(30)28(26-17)16-23(29)25-22(15-27-11-13-32-14-12-27)18-7-9-19(31-2)10-8-18/h3-10,22H,11-16H2,1-2H3,(H,25,29). The van der Waals surface area contributed by atoms with Crippen molar-refractivity contribution in [3.05, 3.63) is 70.1 Å². The highest BCUT2D eigenvalue weighted by Gasteiger charge is 2.21. The molecule has 1 saturated heterocycles. The molecule has 32 heavy (non-hydrogen) atoms. The lowest BCUT2D eigenvalue weighted by Gasteiger charge is -2.31. The highest BCUT2D eigenvalue weighted by atomic mass is 16.5. The van der Waals surface area contributed by atoms with Gasteiger partial charge in [0.1, 0.15) is 12.3 Å². The molecular weight excluding hydrogens is 408 g/mol. The molecule has 0 aliphatic carbocycles. The number of amides is 1. The first-order valence-electron chi connectivity index (χ1n) is 10.7. The Balaban J connectivity index is 1.54. The van der Waals surface area contributed by atoms with Gasteiger partial charge in [0.2, 0.25) is 5.91 Å². The van der Waals surface area contributed by atoms with Gasteiger partial charge >= 0.3 is 0 Å². The van der Waals surface area contributed by atoms with Crippen LogP contribution in [0.5, 0.6) is 5.75 Å². The molecule has 3 aromatic rings. The highest BCUT2D eigenvalue weighted by molar-refractivity contribution is 5.83. The van der Waals surface area contributed by atoms with E-state index in [4.69, 9.17) is 9.47 Å². The lowest BCUT2D eigenvalue weighted by molar-refractivity contribution is -0.122. The average Bonchev–Trinajstić information content (AvgIpc) is 2.83. The maximum absolute atomic E-state index is 13.0. The molecule has 1 aliphatic heterocycles. The molecule has 2 aromatic carbocycles. The maximum atomic E-state index is 13.0. The average molecular weight is 437 g/mol. The van der Waals surface area contributed by atoms with Crippen LogP contribution in [-0.4, -0.2) is 60.5 Å². The van der Waals surface area contributed by atoms with Crippen LogP contribution in [0.3, 0.4) is 0 Å². The molecule has 1 N–H and O–H groups in total. The van der Waals surface area contributed by atoms with Gasteiger partial charge < -0.3 is 14.8 Å². The van der Waals surface area contributed by atoms with Gasteiger partial charge in [-0.2, -0.15) is 5.10 Å². The highest BCUT2D eigenvalue weighted by Crippen LogP contribution is 2.19. The lowest BCUT2D eigenvalue weighted by Crippen LogP contribution is -2.44. The minimum Gasteiger partial charge on any atom is -0.497 e. The van der Waals surface area contributed by atoms with Gasteiger partial charge in [-0.1, -0.05) is 30.3 Å². The second kappa shape index (κ2) is 9.93. The minimum absolute atomic E-state index is 0.139. The molecular formula is C24H28N4O4. The smallest absolute Gasteiger partial charge is 0.275 e. The lowest BCUT2D eigenvalue weighted by atomic mass is 10.1. The second-order valence-electron chi connectivity index (χ2n) is 7.90. The van der Waals surface area contributed by atoms with Crippen LogP contribution in [0.1, 0.15) is 17.3 Å². The van der Waals surface area contributed by atoms with Crippen LogP contribution in [0.4, 0.5) is 0 Å². The second-order valence-corrected chi connectivity index (χ2v) is 7.90. The van der Waals surface area contributed by atoms with Crippen LogP contribution in [0.2, 0.25) is 0 Å². The van der Waals surface area contributed by atoms with E-state index in [1.807, 2.05) is 49.4 Å². The molecule has 0 spiro atoms. The van der Waals surface area contributed by atoms with Gasteiger partial charge in [0.15, 0.2) is 0 Å². The fourth-order valence-corrected chi connectivity index (χ4v) is 4.00. The zero-order chi connectivity index (χ0) is 22.5. The molecule has 0 bridgehead atoms. The largest absolute Gasteiger partial charge is 0.497 e. The number of carbonyl (C=O) groups excluding carboxylic acids is 1. The van der Waals surface area contributed by atoms with Crippen LogP contribution >= 0.6 is 0 Å². The van der Waals surface area contributed by atoms with E-state index in [2.05, 4.69) is 15.3 Å². The first-order valence-corrected chi connectivity index (χ1v) is 10.7. The van der Waals surface area contributed by atoms with E-state index in [1.54, 1.807) is 13.2 Å². The van der Waals surface area contributed by atoms with Crippen LogP contribution < -0.4 is 15.6 Å². The topological polar surface area (TPSA) is 85.7 Å². The zero-order valence-corrected chi connectivity index (χ0v) is 18.4. The molecule has 8 nitrogen and oxygen atoms in total. The summed E-state index contributed by atoms with van der Waals surface area (Å²) in [5.74, 6) is 0.496. The summed E-state index contributed by atoms with van der Waals surface area (Å²) in [5, 5.41) is 8.82. The quantitative estimate of drug-likeness (QED) is 0.609. The van der Waals surface area contributed by atoms with E-state index in [0.29, 0.717) is 30.8 Å². The van der Waals surface area contributed by atoms with Gasteiger partial charge in [0.25, 0.3) is 5.56 Å². The Bertz CT molecular complexity index is 1140. The number of nitrogens with zero attached hydrogens (tertiary/aromatic N) is 3. The molecule has 1 fully saturated rings. The van der Waals surface area contributed by atoms with E-state index in [-0.39, 0.29) is 24.1 Å². The van der Waals surface area contributed by atoms with Crippen LogP contribution in [0.25, 0.3) is 10.8 Å². The summed E-state index contributed by atoms with van der Waals surface area (Å²) in [6.07, 6.45) is 0. The van der Waals surface area contributed by atoms with E-state index < -0.39 is 0 Å². The fourth-order valence-electron chi connectivity index (χ4n) is 4.00. The molecule has 1 atom stereocenters. The monoisotopic (exact) mass is 436 g/mol. The normalized spacial score (nSPS) is 15.4. The third-order valence-electron chi connectivity index (χ3n) is 5.74. The number of morpholine rings is 1. The summed E-state index contributed by atoms with van der Waals surface area (Å²) in [5.41, 5.74) is 1.42. The Hall–Kier alpha value is -3.23. The molecule has 0 saturated carbocycles. The van der Waals surface area contributed by atoms with Crippen molar-refractivity contribution >= 4 is 16.7 Å². The number of aromatic nitrogens is 2. The van der Waals surface area contributed by atoms with Crippen molar-refractivity contribution in [3.8, 4) is 5.75 Å². The summed E-state index contributed by atoms with van der Waals surface area (Å²) in [7, 11) is 1.62. The molecule has 2 heterocycles.